The van der Waals surface area contributed by atoms with Crippen LogP contribution in [0.4, 0.5) is 0 Å². The highest BCUT2D eigenvalue weighted by Gasteiger charge is 2.01. The second kappa shape index (κ2) is 7.55. The lowest BCUT2D eigenvalue weighted by atomic mass is 10.2. The number of rotatable bonds is 6. The smallest absolute Gasteiger partial charge is 0.0472 e. The van der Waals surface area contributed by atoms with Crippen molar-refractivity contribution >= 4 is 15.9 Å². The summed E-state index contributed by atoms with van der Waals surface area (Å²) in [5.41, 5.74) is 0. The maximum Gasteiger partial charge on any atom is 0.0472 e. The van der Waals surface area contributed by atoms with Crippen LogP contribution in [0.5, 0.6) is 0 Å². The van der Waals surface area contributed by atoms with Crippen molar-refractivity contribution in [2.45, 2.75) is 37.4 Å². The molecule has 0 radical (unpaired) electrons. The second-order valence-corrected chi connectivity index (χ2v) is 3.82. The number of hydrogen-bond donors (Lipinski definition) is 0. The number of ether oxygens (including phenoxy) is 1. The van der Waals surface area contributed by atoms with Crippen LogP contribution in [0, 0.1) is 0 Å². The molecular formula is C8H17BrO. The minimum Gasteiger partial charge on any atom is -0.385 e. The fourth-order valence-electron chi connectivity index (χ4n) is 0.816. The summed E-state index contributed by atoms with van der Waals surface area (Å²) in [6.07, 6.45) is 5.02. The van der Waals surface area contributed by atoms with E-state index in [1.165, 1.54) is 19.3 Å². The van der Waals surface area contributed by atoms with Gasteiger partial charge in [-0.15, -0.1) is 0 Å². The summed E-state index contributed by atoms with van der Waals surface area (Å²) in [6.45, 7) is 3.09. The molecule has 0 aromatic carbocycles. The average molecular weight is 209 g/mol. The van der Waals surface area contributed by atoms with Gasteiger partial charge in [-0.2, -0.15) is 0 Å². The predicted molar refractivity (Wildman–Crippen MR) is 48.7 cm³/mol. The summed E-state index contributed by atoms with van der Waals surface area (Å²) in [5.74, 6) is 0. The van der Waals surface area contributed by atoms with E-state index < -0.39 is 0 Å². The van der Waals surface area contributed by atoms with Crippen LogP contribution in [-0.2, 0) is 4.74 Å². The van der Waals surface area contributed by atoms with E-state index in [0.29, 0.717) is 4.83 Å². The van der Waals surface area contributed by atoms with Crippen LogP contribution in [0.25, 0.3) is 0 Å². The number of hydrogen-bond acceptors (Lipinski definition) is 1. The van der Waals surface area contributed by atoms with Gasteiger partial charge in [0.25, 0.3) is 0 Å². The van der Waals surface area contributed by atoms with Gasteiger partial charge < -0.3 is 4.74 Å². The van der Waals surface area contributed by atoms with Crippen LogP contribution in [0.15, 0.2) is 0 Å². The number of halogens is 1. The van der Waals surface area contributed by atoms with Crippen molar-refractivity contribution < 1.29 is 4.74 Å². The van der Waals surface area contributed by atoms with Gasteiger partial charge >= 0.3 is 0 Å². The molecule has 1 nitrogen and oxygen atoms in total. The summed E-state index contributed by atoms with van der Waals surface area (Å²) in [7, 11) is 1.75. The molecule has 0 aliphatic rings. The van der Waals surface area contributed by atoms with Crippen molar-refractivity contribution in [3.63, 3.8) is 0 Å². The van der Waals surface area contributed by atoms with Crippen molar-refractivity contribution in [1.82, 2.24) is 0 Å². The van der Waals surface area contributed by atoms with Crippen molar-refractivity contribution in [1.29, 1.82) is 0 Å². The molecule has 0 fully saturated rings. The van der Waals surface area contributed by atoms with E-state index in [9.17, 15) is 0 Å². The molecule has 0 aromatic heterocycles. The molecule has 0 heterocycles. The van der Waals surface area contributed by atoms with E-state index in [0.717, 1.165) is 13.0 Å². The molecule has 0 N–H and O–H groups in total. The van der Waals surface area contributed by atoms with Crippen LogP contribution in [0.2, 0.25) is 0 Å². The fraction of sp³-hybridized carbons (Fsp3) is 1.00. The van der Waals surface area contributed by atoms with E-state index in [1.54, 1.807) is 7.11 Å². The molecule has 0 spiro atoms. The van der Waals surface area contributed by atoms with Gasteiger partial charge in [-0.3, -0.25) is 0 Å². The van der Waals surface area contributed by atoms with Gasteiger partial charge in [-0.25, -0.2) is 0 Å². The van der Waals surface area contributed by atoms with E-state index in [-0.39, 0.29) is 0 Å². The minimum atomic E-state index is 0.660. The lowest BCUT2D eigenvalue weighted by Gasteiger charge is -2.06. The number of alkyl halides is 1. The van der Waals surface area contributed by atoms with Crippen molar-refractivity contribution in [2.75, 3.05) is 13.7 Å². The Morgan fingerprint density at radius 2 is 2.10 bits per heavy atom. The van der Waals surface area contributed by atoms with Crippen LogP contribution >= 0.6 is 15.9 Å². The highest BCUT2D eigenvalue weighted by molar-refractivity contribution is 9.09. The lowest BCUT2D eigenvalue weighted by molar-refractivity contribution is 0.194. The topological polar surface area (TPSA) is 9.23 Å². The number of methoxy groups -OCH3 is 1. The highest BCUT2D eigenvalue weighted by atomic mass is 79.9. The van der Waals surface area contributed by atoms with Gasteiger partial charge in [-0.05, 0) is 12.8 Å². The molecule has 0 bridgehead atoms. The zero-order valence-corrected chi connectivity index (χ0v) is 8.49. The third-order valence-electron chi connectivity index (χ3n) is 1.51. The van der Waals surface area contributed by atoms with Crippen molar-refractivity contribution in [3.8, 4) is 0 Å². The molecule has 2 heteroatoms. The first-order valence-electron chi connectivity index (χ1n) is 3.94. The van der Waals surface area contributed by atoms with Gasteiger partial charge in [-0.1, -0.05) is 35.7 Å². The highest BCUT2D eigenvalue weighted by Crippen LogP contribution is 2.13. The van der Waals surface area contributed by atoms with Crippen LogP contribution in [-0.4, -0.2) is 18.5 Å². The first-order chi connectivity index (χ1) is 4.81. The van der Waals surface area contributed by atoms with Crippen LogP contribution in [0.3, 0.4) is 0 Å². The number of unbranched alkanes of at least 4 members (excludes halogenated alkanes) is 1. The van der Waals surface area contributed by atoms with Crippen LogP contribution in [0.1, 0.15) is 32.6 Å². The molecular weight excluding hydrogens is 192 g/mol. The van der Waals surface area contributed by atoms with Gasteiger partial charge in [0.1, 0.15) is 0 Å². The van der Waals surface area contributed by atoms with Crippen molar-refractivity contribution in [2.24, 2.45) is 0 Å². The molecule has 0 saturated heterocycles. The Hall–Kier alpha value is 0.440. The Morgan fingerprint density at radius 1 is 1.40 bits per heavy atom. The summed E-state index contributed by atoms with van der Waals surface area (Å²) < 4.78 is 4.96. The summed E-state index contributed by atoms with van der Waals surface area (Å²) in [6, 6.07) is 0. The summed E-state index contributed by atoms with van der Waals surface area (Å²) >= 11 is 3.60. The van der Waals surface area contributed by atoms with E-state index in [1.807, 2.05) is 0 Å². The Labute approximate surface area is 72.3 Å². The molecule has 62 valence electrons. The maximum atomic E-state index is 4.96. The van der Waals surface area contributed by atoms with E-state index in [4.69, 9.17) is 4.74 Å². The molecule has 0 aliphatic heterocycles. The maximum absolute atomic E-state index is 4.96. The fourth-order valence-corrected chi connectivity index (χ4v) is 1.33. The Morgan fingerprint density at radius 3 is 2.60 bits per heavy atom. The predicted octanol–water partition coefficient (Wildman–Crippen LogP) is 2.98. The Bertz CT molecular complexity index is 58.3. The monoisotopic (exact) mass is 208 g/mol. The standard InChI is InChI=1S/C8H17BrO/c1-3-4-5-8(9)6-7-10-2/h8H,3-7H2,1-2H3. The van der Waals surface area contributed by atoms with Gasteiger partial charge in [0.15, 0.2) is 0 Å². The summed E-state index contributed by atoms with van der Waals surface area (Å²) in [4.78, 5) is 0.660. The first kappa shape index (κ1) is 10.4. The molecule has 0 aromatic rings. The normalized spacial score (nSPS) is 13.5. The molecule has 0 amide bonds. The van der Waals surface area contributed by atoms with Crippen molar-refractivity contribution in [3.05, 3.63) is 0 Å². The molecule has 10 heavy (non-hydrogen) atoms. The third-order valence-corrected chi connectivity index (χ3v) is 2.42. The zero-order valence-electron chi connectivity index (χ0n) is 6.90. The molecule has 1 unspecified atom stereocenters. The van der Waals surface area contributed by atoms with E-state index in [2.05, 4.69) is 22.9 Å². The van der Waals surface area contributed by atoms with E-state index >= 15 is 0 Å². The second-order valence-electron chi connectivity index (χ2n) is 2.52. The van der Waals surface area contributed by atoms with Gasteiger partial charge in [0.05, 0.1) is 0 Å². The first-order valence-corrected chi connectivity index (χ1v) is 4.85. The van der Waals surface area contributed by atoms with Gasteiger partial charge in [0, 0.05) is 18.5 Å². The van der Waals surface area contributed by atoms with Gasteiger partial charge in [0.2, 0.25) is 0 Å². The van der Waals surface area contributed by atoms with Crippen LogP contribution < -0.4 is 0 Å². The average Bonchev–Trinajstić information content (AvgIpc) is 1.97. The molecule has 0 saturated carbocycles. The molecule has 0 rings (SSSR count). The zero-order chi connectivity index (χ0) is 7.82. The molecule has 0 aliphatic carbocycles. The molecule has 1 atom stereocenters. The summed E-state index contributed by atoms with van der Waals surface area (Å²) in [5, 5.41) is 0. The Kier molecular flexibility index (Phi) is 7.88. The minimum absolute atomic E-state index is 0.660. The Balaban J connectivity index is 3.00. The largest absolute Gasteiger partial charge is 0.385 e. The quantitative estimate of drug-likeness (QED) is 0.611. The SMILES string of the molecule is CCCCC(Br)CCOC. The lowest BCUT2D eigenvalue weighted by Crippen LogP contribution is -2.01. The third kappa shape index (κ3) is 6.56.